The number of carbonyl (C=O) groups excluding carboxylic acids is 2. The Labute approximate surface area is 145 Å². The Morgan fingerprint density at radius 1 is 1.04 bits per heavy atom. The largest absolute Gasteiger partial charge is 0.301 e. The zero-order valence-electron chi connectivity index (χ0n) is 13.3. The molecule has 0 bridgehead atoms. The molecule has 0 aromatic heterocycles. The lowest BCUT2D eigenvalue weighted by molar-refractivity contribution is -0.121. The minimum Gasteiger partial charge on any atom is -0.301 e. The highest BCUT2D eigenvalue weighted by atomic mass is 32.2. The highest BCUT2D eigenvalue weighted by Crippen LogP contribution is 2.22. The Morgan fingerprint density at radius 2 is 1.68 bits per heavy atom. The monoisotopic (exact) mass is 359 g/mol. The number of hydrogen-bond donors (Lipinski definition) is 2. The van der Waals surface area contributed by atoms with Crippen molar-refractivity contribution in [1.29, 1.82) is 0 Å². The van der Waals surface area contributed by atoms with Crippen LogP contribution in [0.3, 0.4) is 0 Å². The van der Waals surface area contributed by atoms with Gasteiger partial charge in [0.15, 0.2) is 0 Å². The summed E-state index contributed by atoms with van der Waals surface area (Å²) in [6.07, 6.45) is 0.0863. The van der Waals surface area contributed by atoms with Crippen molar-refractivity contribution >= 4 is 27.5 Å². The summed E-state index contributed by atoms with van der Waals surface area (Å²) in [6, 6.07) is 14.2. The fourth-order valence-corrected chi connectivity index (χ4v) is 3.19. The van der Waals surface area contributed by atoms with Gasteiger partial charge in [-0.25, -0.2) is 18.5 Å². The highest BCUT2D eigenvalue weighted by Gasteiger charge is 2.39. The summed E-state index contributed by atoms with van der Waals surface area (Å²) < 4.78 is 22.5. The Hall–Kier alpha value is -2.55. The van der Waals surface area contributed by atoms with Crippen LogP contribution in [0.5, 0.6) is 0 Å². The van der Waals surface area contributed by atoms with E-state index in [4.69, 9.17) is 5.14 Å². The molecule has 1 fully saturated rings. The molecule has 3 N–H and O–H groups in total. The zero-order chi connectivity index (χ0) is 18.0. The van der Waals surface area contributed by atoms with Crippen LogP contribution in [0, 0.1) is 0 Å². The average molecular weight is 359 g/mol. The van der Waals surface area contributed by atoms with Crippen molar-refractivity contribution in [1.82, 2.24) is 5.32 Å². The molecule has 0 aliphatic carbocycles. The first-order valence-corrected chi connectivity index (χ1v) is 9.18. The second-order valence-corrected chi connectivity index (χ2v) is 7.29. The normalized spacial score (nSPS) is 18.0. The van der Waals surface area contributed by atoms with Crippen molar-refractivity contribution < 1.29 is 18.0 Å². The van der Waals surface area contributed by atoms with E-state index in [9.17, 15) is 18.0 Å². The van der Waals surface area contributed by atoms with E-state index < -0.39 is 16.1 Å². The quantitative estimate of drug-likeness (QED) is 0.766. The number of nitrogens with zero attached hydrogens (tertiary/aromatic N) is 1. The third kappa shape index (κ3) is 3.76. The van der Waals surface area contributed by atoms with Gasteiger partial charge in [0.2, 0.25) is 15.9 Å². The molecule has 1 atom stereocenters. The molecule has 0 saturated carbocycles. The molecule has 0 radical (unpaired) electrons. The van der Waals surface area contributed by atoms with Gasteiger partial charge in [0.1, 0.15) is 0 Å². The van der Waals surface area contributed by atoms with Gasteiger partial charge >= 0.3 is 0 Å². The number of anilines is 1. The molecule has 2 aromatic carbocycles. The van der Waals surface area contributed by atoms with Crippen LogP contribution in [0.1, 0.15) is 12.0 Å². The molecule has 1 unspecified atom stereocenters. The molecule has 1 aliphatic rings. The second-order valence-electron chi connectivity index (χ2n) is 5.73. The Balaban J connectivity index is 1.66. The average Bonchev–Trinajstić information content (AvgIpc) is 2.87. The number of benzene rings is 2. The van der Waals surface area contributed by atoms with Crippen LogP contribution in [0.4, 0.5) is 5.69 Å². The van der Waals surface area contributed by atoms with Crippen molar-refractivity contribution in [2.75, 3.05) is 4.90 Å². The van der Waals surface area contributed by atoms with E-state index in [2.05, 4.69) is 5.32 Å². The van der Waals surface area contributed by atoms with Crippen LogP contribution >= 0.6 is 0 Å². The smallest absolute Gasteiger partial charge is 0.251 e. The molecular weight excluding hydrogens is 342 g/mol. The van der Waals surface area contributed by atoms with Crippen molar-refractivity contribution in [3.05, 3.63) is 60.2 Å². The first-order valence-electron chi connectivity index (χ1n) is 7.63. The summed E-state index contributed by atoms with van der Waals surface area (Å²) in [5.74, 6) is -0.546. The minimum absolute atomic E-state index is 0.0265. The number of rotatable bonds is 5. The summed E-state index contributed by atoms with van der Waals surface area (Å²) in [6.45, 7) is 0.331. The van der Waals surface area contributed by atoms with E-state index in [1.54, 1.807) is 36.4 Å². The molecule has 1 heterocycles. The second kappa shape index (κ2) is 6.75. The molecule has 7 nitrogen and oxygen atoms in total. The first kappa shape index (κ1) is 17.3. The van der Waals surface area contributed by atoms with Gasteiger partial charge in [0.05, 0.1) is 23.0 Å². The number of hydrogen-bond acceptors (Lipinski definition) is 5. The van der Waals surface area contributed by atoms with Crippen molar-refractivity contribution in [3.8, 4) is 0 Å². The maximum atomic E-state index is 12.5. The van der Waals surface area contributed by atoms with Crippen LogP contribution < -0.4 is 15.4 Å². The van der Waals surface area contributed by atoms with Gasteiger partial charge in [-0.3, -0.25) is 9.59 Å². The zero-order valence-corrected chi connectivity index (χ0v) is 14.1. The molecule has 25 heavy (non-hydrogen) atoms. The van der Waals surface area contributed by atoms with Crippen LogP contribution in [0.15, 0.2) is 59.5 Å². The molecule has 3 rings (SSSR count). The Bertz CT molecular complexity index is 895. The van der Waals surface area contributed by atoms with Gasteiger partial charge in [-0.2, -0.15) is 0 Å². The maximum absolute atomic E-state index is 12.5. The van der Waals surface area contributed by atoms with Gasteiger partial charge in [0.25, 0.3) is 5.91 Å². The Kier molecular flexibility index (Phi) is 4.67. The van der Waals surface area contributed by atoms with Gasteiger partial charge in [-0.05, 0) is 29.8 Å². The first-order chi connectivity index (χ1) is 11.9. The summed E-state index contributed by atoms with van der Waals surface area (Å²) in [5, 5.41) is 8.10. The van der Waals surface area contributed by atoms with Crippen LogP contribution in [0.2, 0.25) is 0 Å². The molecule has 1 saturated heterocycles. The Morgan fingerprint density at radius 3 is 2.28 bits per heavy atom. The topological polar surface area (TPSA) is 110 Å². The van der Waals surface area contributed by atoms with E-state index in [0.717, 1.165) is 5.56 Å². The fraction of sp³-hybridized carbons (Fsp3) is 0.176. The van der Waals surface area contributed by atoms with Crippen LogP contribution in [-0.4, -0.2) is 26.3 Å². The van der Waals surface area contributed by atoms with Crippen molar-refractivity contribution in [2.45, 2.75) is 23.9 Å². The maximum Gasteiger partial charge on any atom is 0.251 e. The fourth-order valence-electron chi connectivity index (χ4n) is 2.68. The number of carbonyl (C=O) groups is 2. The van der Waals surface area contributed by atoms with E-state index >= 15 is 0 Å². The summed E-state index contributed by atoms with van der Waals surface area (Å²) in [7, 11) is -3.73. The highest BCUT2D eigenvalue weighted by molar-refractivity contribution is 7.89. The third-order valence-electron chi connectivity index (χ3n) is 3.97. The SMILES string of the molecule is NS(=O)(=O)c1ccc(CNC2CC(=O)N(c3ccccc3)C2=O)cc1. The van der Waals surface area contributed by atoms with Crippen LogP contribution in [0.25, 0.3) is 0 Å². The minimum atomic E-state index is -3.73. The standard InChI is InChI=1S/C17H17N3O4S/c18-25(23,24)14-8-6-12(7-9-14)11-19-15-10-16(21)20(17(15)22)13-4-2-1-3-5-13/h1-9,15,19H,10-11H2,(H2,18,23,24). The molecule has 0 spiro atoms. The lowest BCUT2D eigenvalue weighted by atomic mass is 10.2. The van der Waals surface area contributed by atoms with Gasteiger partial charge in [-0.15, -0.1) is 0 Å². The third-order valence-corrected chi connectivity index (χ3v) is 4.89. The molecule has 1 aliphatic heterocycles. The van der Waals surface area contributed by atoms with E-state index in [-0.39, 0.29) is 23.1 Å². The number of nitrogens with one attached hydrogen (secondary N) is 1. The van der Waals surface area contributed by atoms with E-state index in [1.807, 2.05) is 6.07 Å². The van der Waals surface area contributed by atoms with Gasteiger partial charge < -0.3 is 5.32 Å². The molecule has 2 amide bonds. The number of nitrogens with two attached hydrogens (primary N) is 1. The molecule has 8 heteroatoms. The summed E-state index contributed by atoms with van der Waals surface area (Å²) in [4.78, 5) is 25.8. The van der Waals surface area contributed by atoms with Crippen molar-refractivity contribution in [3.63, 3.8) is 0 Å². The number of amides is 2. The number of sulfonamides is 1. The molecule has 2 aromatic rings. The lowest BCUT2D eigenvalue weighted by Gasteiger charge is -2.15. The number of para-hydroxylation sites is 1. The van der Waals surface area contributed by atoms with Gasteiger partial charge in [-0.1, -0.05) is 30.3 Å². The number of imide groups is 1. The lowest BCUT2D eigenvalue weighted by Crippen LogP contribution is -2.38. The predicted molar refractivity (Wildman–Crippen MR) is 92.0 cm³/mol. The van der Waals surface area contributed by atoms with Gasteiger partial charge in [0, 0.05) is 6.54 Å². The summed E-state index contributed by atoms with van der Waals surface area (Å²) in [5.41, 5.74) is 1.34. The van der Waals surface area contributed by atoms with Crippen molar-refractivity contribution in [2.24, 2.45) is 5.14 Å². The van der Waals surface area contributed by atoms with Crippen LogP contribution in [-0.2, 0) is 26.2 Å². The summed E-state index contributed by atoms with van der Waals surface area (Å²) >= 11 is 0. The van der Waals surface area contributed by atoms with E-state index in [0.29, 0.717) is 12.2 Å². The number of primary sulfonamides is 1. The molecular formula is C17H17N3O4S. The molecule has 130 valence electrons. The predicted octanol–water partition coefficient (Wildman–Crippen LogP) is 0.756. The van der Waals surface area contributed by atoms with E-state index in [1.165, 1.54) is 17.0 Å².